The maximum absolute atomic E-state index is 13.3. The number of hydrogen-bond donors (Lipinski definition) is 0. The van der Waals surface area contributed by atoms with Gasteiger partial charge in [-0.25, -0.2) is 0 Å². The van der Waals surface area contributed by atoms with Crippen LogP contribution >= 0.6 is 0 Å². The van der Waals surface area contributed by atoms with Crippen molar-refractivity contribution in [3.8, 4) is 11.5 Å². The summed E-state index contributed by atoms with van der Waals surface area (Å²) in [6.07, 6.45) is -0.500. The number of fused-ring (bicyclic) bond motifs is 2. The lowest BCUT2D eigenvalue weighted by Gasteiger charge is -2.53. The zero-order chi connectivity index (χ0) is 22.3. The van der Waals surface area contributed by atoms with Crippen LogP contribution < -0.4 is 9.47 Å². The number of ketones is 1. The third-order valence-corrected chi connectivity index (χ3v) is 7.47. The summed E-state index contributed by atoms with van der Waals surface area (Å²) in [5, 5.41) is 0. The Bertz CT molecular complexity index is 1000. The number of carbonyl (C=O) groups is 3. The molecule has 2 heterocycles. The van der Waals surface area contributed by atoms with E-state index in [1.165, 1.54) is 35.4 Å². The smallest absolute Gasteiger partial charge is 0.303 e. The van der Waals surface area contributed by atoms with Gasteiger partial charge in [-0.1, -0.05) is 0 Å². The Kier molecular flexibility index (Phi) is 4.20. The molecule has 2 saturated carbocycles. The van der Waals surface area contributed by atoms with Gasteiger partial charge in [0.2, 0.25) is 11.7 Å². The number of rotatable bonds is 5. The predicted molar refractivity (Wildman–Crippen MR) is 104 cm³/mol. The molecule has 31 heavy (non-hydrogen) atoms. The number of Topliss-reactive ketones (excluding diaryl/α,β-unsaturated/α-hetero) is 1. The van der Waals surface area contributed by atoms with Crippen molar-refractivity contribution >= 4 is 17.7 Å². The van der Waals surface area contributed by atoms with Crippen molar-refractivity contribution < 1.29 is 38.1 Å². The second-order valence-electron chi connectivity index (χ2n) is 8.55. The van der Waals surface area contributed by atoms with Gasteiger partial charge in [-0.2, -0.15) is 0 Å². The maximum atomic E-state index is 13.3. The Labute approximate surface area is 179 Å². The van der Waals surface area contributed by atoms with Gasteiger partial charge in [0.25, 0.3) is 0 Å². The van der Waals surface area contributed by atoms with Crippen LogP contribution in [0.15, 0.2) is 12.1 Å². The number of benzene rings is 1. The van der Waals surface area contributed by atoms with Crippen molar-refractivity contribution in [1.82, 2.24) is 4.90 Å². The molecule has 3 fully saturated rings. The molecule has 0 unspecified atom stereocenters. The van der Waals surface area contributed by atoms with E-state index in [0.29, 0.717) is 11.5 Å². The Hall–Kier alpha value is -2.65. The number of carbonyl (C=O) groups excluding carboxylic acids is 3. The van der Waals surface area contributed by atoms with E-state index in [1.54, 1.807) is 11.0 Å². The number of ether oxygens (including phenoxy) is 5. The van der Waals surface area contributed by atoms with Gasteiger partial charge in [-0.05, 0) is 17.7 Å². The van der Waals surface area contributed by atoms with E-state index in [2.05, 4.69) is 0 Å². The molecule has 1 saturated heterocycles. The molecule has 0 N–H and O–H groups in total. The fourth-order valence-corrected chi connectivity index (χ4v) is 6.21. The van der Waals surface area contributed by atoms with Gasteiger partial charge in [0.05, 0.1) is 32.2 Å². The Morgan fingerprint density at radius 1 is 1.03 bits per heavy atom. The van der Waals surface area contributed by atoms with E-state index in [1.807, 2.05) is 6.07 Å². The molecule has 1 spiro atoms. The number of hydrogen-bond acceptors (Lipinski definition) is 8. The maximum Gasteiger partial charge on any atom is 0.303 e. The fourth-order valence-electron chi connectivity index (χ4n) is 6.21. The third-order valence-electron chi connectivity index (χ3n) is 7.47. The van der Waals surface area contributed by atoms with Crippen molar-refractivity contribution in [2.75, 3.05) is 35.0 Å². The van der Waals surface area contributed by atoms with Crippen molar-refractivity contribution in [2.24, 2.45) is 17.8 Å². The molecule has 9 nitrogen and oxygen atoms in total. The molecule has 1 aromatic rings. The fraction of sp³-hybridized carbons (Fsp3) is 0.591. The molecule has 2 aliphatic carbocycles. The molecule has 5 atom stereocenters. The molecule has 4 aliphatic rings. The minimum Gasteiger partial charge on any atom is -0.493 e. The summed E-state index contributed by atoms with van der Waals surface area (Å²) >= 11 is 0. The van der Waals surface area contributed by atoms with E-state index in [9.17, 15) is 14.4 Å². The zero-order valence-electron chi connectivity index (χ0n) is 18.1. The second kappa shape index (κ2) is 6.43. The Morgan fingerprint density at radius 2 is 1.68 bits per heavy atom. The first-order chi connectivity index (χ1) is 14.8. The molecule has 2 aliphatic heterocycles. The van der Waals surface area contributed by atoms with Gasteiger partial charge >= 0.3 is 5.97 Å². The first kappa shape index (κ1) is 20.3. The van der Waals surface area contributed by atoms with Gasteiger partial charge in [0.1, 0.15) is 6.10 Å². The van der Waals surface area contributed by atoms with Gasteiger partial charge in [0.15, 0.2) is 17.3 Å². The lowest BCUT2D eigenvalue weighted by atomic mass is 9.68. The minimum atomic E-state index is -1.45. The van der Waals surface area contributed by atoms with Crippen LogP contribution in [0.4, 0.5) is 0 Å². The van der Waals surface area contributed by atoms with Crippen LogP contribution in [0.5, 0.6) is 11.5 Å². The second-order valence-corrected chi connectivity index (χ2v) is 8.55. The summed E-state index contributed by atoms with van der Waals surface area (Å²) < 4.78 is 27.9. The number of amides is 1. The van der Waals surface area contributed by atoms with Gasteiger partial charge in [-0.3, -0.25) is 14.4 Å². The van der Waals surface area contributed by atoms with Crippen LogP contribution in [-0.2, 0) is 34.1 Å². The van der Waals surface area contributed by atoms with Crippen molar-refractivity contribution in [3.63, 3.8) is 0 Å². The SMILES string of the molecule is COc1cc2c(cc1OC)[C@@]13CC(OC)(OC)C(=O)[C@H]4[C@@H](C(=O)N1C[C@@H]2OC(C)=O)[C@H]43. The lowest BCUT2D eigenvalue weighted by molar-refractivity contribution is -0.236. The first-order valence-electron chi connectivity index (χ1n) is 10.2. The molecular weight excluding hydrogens is 406 g/mol. The molecule has 0 aromatic heterocycles. The molecule has 1 aromatic carbocycles. The summed E-state index contributed by atoms with van der Waals surface area (Å²) in [7, 11) is 5.96. The lowest BCUT2D eigenvalue weighted by Crippen LogP contribution is -2.63. The van der Waals surface area contributed by atoms with E-state index in [4.69, 9.17) is 23.7 Å². The standard InChI is InChI=1S/C22H25NO8/c1-10(24)31-15-8-23-20(26)17-16-18(17)21(23,9-22(29-4,30-5)19(16)25)12-7-14(28-3)13(27-2)6-11(12)15/h6-7,15-18H,8-9H2,1-5H3/t15-,16-,17+,18-,21+/m0/s1. The van der Waals surface area contributed by atoms with Gasteiger partial charge in [-0.15, -0.1) is 0 Å². The summed E-state index contributed by atoms with van der Waals surface area (Å²) in [6, 6.07) is 3.62. The minimum absolute atomic E-state index is 0.0956. The monoisotopic (exact) mass is 431 g/mol. The summed E-state index contributed by atoms with van der Waals surface area (Å²) in [4.78, 5) is 40.1. The highest BCUT2D eigenvalue weighted by Crippen LogP contribution is 2.73. The summed E-state index contributed by atoms with van der Waals surface area (Å²) in [5.41, 5.74) is 0.688. The van der Waals surface area contributed by atoms with Gasteiger partial charge < -0.3 is 28.6 Å². The highest BCUT2D eigenvalue weighted by molar-refractivity contribution is 6.03. The van der Waals surface area contributed by atoms with E-state index in [-0.39, 0.29) is 30.6 Å². The van der Waals surface area contributed by atoms with Crippen molar-refractivity contribution in [1.29, 1.82) is 0 Å². The topological polar surface area (TPSA) is 101 Å². The predicted octanol–water partition coefficient (Wildman–Crippen LogP) is 1.18. The van der Waals surface area contributed by atoms with Crippen LogP contribution in [0.25, 0.3) is 0 Å². The van der Waals surface area contributed by atoms with E-state index < -0.39 is 35.2 Å². The van der Waals surface area contributed by atoms with E-state index >= 15 is 0 Å². The number of esters is 1. The number of methoxy groups -OCH3 is 4. The molecular formula is C22H25NO8. The third kappa shape index (κ3) is 2.30. The van der Waals surface area contributed by atoms with Gasteiger partial charge in [0, 0.05) is 45.0 Å². The van der Waals surface area contributed by atoms with Crippen molar-refractivity contribution in [2.45, 2.75) is 30.8 Å². The summed E-state index contributed by atoms with van der Waals surface area (Å²) in [6.45, 7) is 1.53. The van der Waals surface area contributed by atoms with Crippen LogP contribution in [-0.4, -0.2) is 63.3 Å². The largest absolute Gasteiger partial charge is 0.493 e. The molecule has 0 bridgehead atoms. The van der Waals surface area contributed by atoms with E-state index in [0.717, 1.165) is 11.1 Å². The summed E-state index contributed by atoms with van der Waals surface area (Å²) in [5.74, 6) is -2.25. The zero-order valence-corrected chi connectivity index (χ0v) is 18.1. The average molecular weight is 431 g/mol. The first-order valence-corrected chi connectivity index (χ1v) is 10.2. The highest BCUT2D eigenvalue weighted by atomic mass is 16.7. The Balaban J connectivity index is 1.76. The molecule has 5 rings (SSSR count). The average Bonchev–Trinajstić information content (AvgIpc) is 3.47. The van der Waals surface area contributed by atoms with Crippen LogP contribution in [0.3, 0.4) is 0 Å². The molecule has 166 valence electrons. The molecule has 1 amide bonds. The van der Waals surface area contributed by atoms with Crippen LogP contribution in [0, 0.1) is 17.8 Å². The van der Waals surface area contributed by atoms with Crippen molar-refractivity contribution in [3.05, 3.63) is 23.3 Å². The molecule has 0 radical (unpaired) electrons. The normalized spacial score (nSPS) is 33.9. The number of piperidine rings is 1. The highest BCUT2D eigenvalue weighted by Gasteiger charge is 2.83. The number of nitrogens with zero attached hydrogens (tertiary/aromatic N) is 1. The van der Waals surface area contributed by atoms with Crippen LogP contribution in [0.1, 0.15) is 30.6 Å². The Morgan fingerprint density at radius 3 is 2.26 bits per heavy atom. The van der Waals surface area contributed by atoms with Crippen LogP contribution in [0.2, 0.25) is 0 Å². The quantitative estimate of drug-likeness (QED) is 0.506. The molecule has 9 heteroatoms.